The van der Waals surface area contributed by atoms with Crippen LogP contribution in [0.4, 0.5) is 0 Å². The zero-order valence-electron chi connectivity index (χ0n) is 8.29. The van der Waals surface area contributed by atoms with Crippen molar-refractivity contribution in [1.29, 1.82) is 0 Å². The van der Waals surface area contributed by atoms with Crippen molar-refractivity contribution in [3.8, 4) is 0 Å². The summed E-state index contributed by atoms with van der Waals surface area (Å²) < 4.78 is 1.44. The van der Waals surface area contributed by atoms with E-state index in [0.717, 1.165) is 10.9 Å². The number of fused-ring (bicyclic) bond motifs is 1. The molecular weight excluding hydrogens is 204 g/mol. The van der Waals surface area contributed by atoms with Gasteiger partial charge in [-0.1, -0.05) is 6.07 Å². The number of imidazole rings is 1. The Bertz CT molecular complexity index is 639. The average Bonchev–Trinajstić information content (AvgIpc) is 2.98. The smallest absolute Gasteiger partial charge is 0.263 e. The zero-order chi connectivity index (χ0) is 11.0. The second-order valence-corrected chi connectivity index (χ2v) is 3.45. The standard InChI is InChI=1S/C11H8N4O/c16-11(15-4-3-12-7-15)8-1-2-9-6-13-14-10(9)5-8/h1-7H,(H,13,14). The van der Waals surface area contributed by atoms with E-state index in [4.69, 9.17) is 0 Å². The summed E-state index contributed by atoms with van der Waals surface area (Å²) in [6.07, 6.45) is 6.41. The minimum atomic E-state index is -0.103. The molecule has 5 heteroatoms. The quantitative estimate of drug-likeness (QED) is 0.664. The molecule has 0 unspecified atom stereocenters. The highest BCUT2D eigenvalue weighted by Gasteiger charge is 2.08. The molecule has 5 nitrogen and oxygen atoms in total. The molecule has 0 aliphatic rings. The number of rotatable bonds is 1. The number of benzene rings is 1. The van der Waals surface area contributed by atoms with Crippen LogP contribution < -0.4 is 0 Å². The van der Waals surface area contributed by atoms with Crippen LogP contribution in [0.5, 0.6) is 0 Å². The first-order valence-electron chi connectivity index (χ1n) is 4.80. The molecule has 78 valence electrons. The van der Waals surface area contributed by atoms with E-state index in [-0.39, 0.29) is 5.91 Å². The van der Waals surface area contributed by atoms with E-state index in [2.05, 4.69) is 15.2 Å². The Labute approximate surface area is 90.7 Å². The fraction of sp³-hybridized carbons (Fsp3) is 0. The van der Waals surface area contributed by atoms with Gasteiger partial charge in [-0.25, -0.2) is 4.98 Å². The molecule has 0 amide bonds. The summed E-state index contributed by atoms with van der Waals surface area (Å²) in [4.78, 5) is 15.8. The van der Waals surface area contributed by atoms with E-state index in [1.165, 1.54) is 10.9 Å². The van der Waals surface area contributed by atoms with Crippen LogP contribution in [0.15, 0.2) is 43.1 Å². The van der Waals surface area contributed by atoms with Gasteiger partial charge >= 0.3 is 0 Å². The number of hydrogen-bond acceptors (Lipinski definition) is 3. The molecule has 3 aromatic rings. The molecule has 1 N–H and O–H groups in total. The van der Waals surface area contributed by atoms with Crippen LogP contribution in [-0.4, -0.2) is 25.7 Å². The van der Waals surface area contributed by atoms with E-state index in [1.807, 2.05) is 6.07 Å². The zero-order valence-corrected chi connectivity index (χ0v) is 8.29. The predicted molar refractivity (Wildman–Crippen MR) is 58.0 cm³/mol. The minimum absolute atomic E-state index is 0.103. The second kappa shape index (κ2) is 3.30. The maximum atomic E-state index is 12.0. The molecule has 0 saturated carbocycles. The van der Waals surface area contributed by atoms with Crippen molar-refractivity contribution in [2.45, 2.75) is 0 Å². The van der Waals surface area contributed by atoms with E-state index in [0.29, 0.717) is 5.56 Å². The van der Waals surface area contributed by atoms with Crippen molar-refractivity contribution in [2.24, 2.45) is 0 Å². The Morgan fingerprint density at radius 2 is 2.31 bits per heavy atom. The fourth-order valence-corrected chi connectivity index (χ4v) is 1.60. The summed E-state index contributed by atoms with van der Waals surface area (Å²) in [5.41, 5.74) is 1.46. The number of carbonyl (C=O) groups excluding carboxylic acids is 1. The van der Waals surface area contributed by atoms with Gasteiger partial charge in [-0.05, 0) is 12.1 Å². The number of nitrogens with one attached hydrogen (secondary N) is 1. The van der Waals surface area contributed by atoms with Crippen LogP contribution >= 0.6 is 0 Å². The minimum Gasteiger partial charge on any atom is -0.278 e. The maximum absolute atomic E-state index is 12.0. The number of hydrogen-bond donors (Lipinski definition) is 1. The molecule has 2 heterocycles. The number of aromatic nitrogens is 4. The monoisotopic (exact) mass is 212 g/mol. The molecule has 0 fully saturated rings. The summed E-state index contributed by atoms with van der Waals surface area (Å²) in [7, 11) is 0. The average molecular weight is 212 g/mol. The van der Waals surface area contributed by atoms with Crippen molar-refractivity contribution in [3.63, 3.8) is 0 Å². The second-order valence-electron chi connectivity index (χ2n) is 3.45. The Hall–Kier alpha value is -2.43. The van der Waals surface area contributed by atoms with Crippen molar-refractivity contribution in [1.82, 2.24) is 19.7 Å². The van der Waals surface area contributed by atoms with Crippen molar-refractivity contribution >= 4 is 16.8 Å². The van der Waals surface area contributed by atoms with Gasteiger partial charge in [-0.2, -0.15) is 5.10 Å². The van der Waals surface area contributed by atoms with Gasteiger partial charge in [-0.3, -0.25) is 14.5 Å². The molecule has 2 aromatic heterocycles. The first-order chi connectivity index (χ1) is 7.84. The van der Waals surface area contributed by atoms with Crippen LogP contribution in [0.2, 0.25) is 0 Å². The summed E-state index contributed by atoms with van der Waals surface area (Å²) in [5, 5.41) is 7.73. The summed E-state index contributed by atoms with van der Waals surface area (Å²) in [6, 6.07) is 5.42. The highest BCUT2D eigenvalue weighted by atomic mass is 16.2. The summed E-state index contributed by atoms with van der Waals surface area (Å²) in [6.45, 7) is 0. The Morgan fingerprint density at radius 1 is 1.38 bits per heavy atom. The highest BCUT2D eigenvalue weighted by molar-refractivity contribution is 5.98. The van der Waals surface area contributed by atoms with Crippen LogP contribution in [0.1, 0.15) is 10.4 Å². The van der Waals surface area contributed by atoms with Crippen molar-refractivity contribution in [2.75, 3.05) is 0 Å². The molecular formula is C11H8N4O. The largest absolute Gasteiger partial charge is 0.278 e. The number of aromatic amines is 1. The van der Waals surface area contributed by atoms with Gasteiger partial charge in [0.2, 0.25) is 0 Å². The molecule has 0 radical (unpaired) electrons. The molecule has 0 spiro atoms. The van der Waals surface area contributed by atoms with E-state index in [1.54, 1.807) is 30.7 Å². The first kappa shape index (κ1) is 8.84. The normalized spacial score (nSPS) is 10.8. The van der Waals surface area contributed by atoms with E-state index >= 15 is 0 Å². The van der Waals surface area contributed by atoms with Crippen LogP contribution in [0.3, 0.4) is 0 Å². The van der Waals surface area contributed by atoms with Gasteiger partial charge in [0.25, 0.3) is 5.91 Å². The Kier molecular flexibility index (Phi) is 1.83. The van der Waals surface area contributed by atoms with Gasteiger partial charge in [0.05, 0.1) is 11.7 Å². The Morgan fingerprint density at radius 3 is 3.12 bits per heavy atom. The third-order valence-electron chi connectivity index (χ3n) is 2.43. The lowest BCUT2D eigenvalue weighted by molar-refractivity contribution is 0.0960. The fourth-order valence-electron chi connectivity index (χ4n) is 1.60. The van der Waals surface area contributed by atoms with Crippen molar-refractivity contribution in [3.05, 3.63) is 48.7 Å². The van der Waals surface area contributed by atoms with Crippen LogP contribution in [-0.2, 0) is 0 Å². The lowest BCUT2D eigenvalue weighted by Crippen LogP contribution is -2.09. The molecule has 0 bridgehead atoms. The number of carbonyl (C=O) groups is 1. The lowest BCUT2D eigenvalue weighted by Gasteiger charge is -2.00. The molecule has 3 rings (SSSR count). The Balaban J connectivity index is 2.09. The first-order valence-corrected chi connectivity index (χ1v) is 4.80. The van der Waals surface area contributed by atoms with E-state index < -0.39 is 0 Å². The van der Waals surface area contributed by atoms with Gasteiger partial charge in [0.15, 0.2) is 0 Å². The van der Waals surface area contributed by atoms with Crippen LogP contribution in [0.25, 0.3) is 10.9 Å². The van der Waals surface area contributed by atoms with Crippen molar-refractivity contribution < 1.29 is 4.79 Å². The molecule has 0 atom stereocenters. The topological polar surface area (TPSA) is 63.6 Å². The summed E-state index contributed by atoms with van der Waals surface area (Å²) in [5.74, 6) is -0.103. The molecule has 0 aliphatic carbocycles. The number of H-pyrrole nitrogens is 1. The SMILES string of the molecule is O=C(c1ccc2cn[nH]c2c1)n1ccnc1. The molecule has 16 heavy (non-hydrogen) atoms. The van der Waals surface area contributed by atoms with Gasteiger partial charge < -0.3 is 0 Å². The van der Waals surface area contributed by atoms with Crippen LogP contribution in [0, 0.1) is 0 Å². The summed E-state index contributed by atoms with van der Waals surface area (Å²) >= 11 is 0. The van der Waals surface area contributed by atoms with Gasteiger partial charge in [0.1, 0.15) is 6.33 Å². The van der Waals surface area contributed by atoms with E-state index in [9.17, 15) is 4.79 Å². The molecule has 0 saturated heterocycles. The maximum Gasteiger partial charge on any atom is 0.263 e. The lowest BCUT2D eigenvalue weighted by atomic mass is 10.1. The predicted octanol–water partition coefficient (Wildman–Crippen LogP) is 1.45. The third-order valence-corrected chi connectivity index (χ3v) is 2.43. The molecule has 1 aromatic carbocycles. The molecule has 0 aliphatic heterocycles. The number of nitrogens with zero attached hydrogens (tertiary/aromatic N) is 3. The van der Waals surface area contributed by atoms with Gasteiger partial charge in [0, 0.05) is 23.3 Å². The van der Waals surface area contributed by atoms with Gasteiger partial charge in [-0.15, -0.1) is 0 Å². The third kappa shape index (κ3) is 1.30. The highest BCUT2D eigenvalue weighted by Crippen LogP contribution is 2.13.